The third-order valence-electron chi connectivity index (χ3n) is 5.23. The number of nitrogens with one attached hydrogen (secondary N) is 1. The monoisotopic (exact) mass is 390 g/mol. The number of nitrogens with zero attached hydrogens (tertiary/aromatic N) is 1. The van der Waals surface area contributed by atoms with Crippen LogP contribution in [0.3, 0.4) is 0 Å². The van der Waals surface area contributed by atoms with Crippen LogP contribution in [0.1, 0.15) is 22.3 Å². The van der Waals surface area contributed by atoms with Crippen LogP contribution in [0.25, 0.3) is 10.8 Å². The minimum atomic E-state index is -0.326. The SMILES string of the molecule is COc1ccc(C(=O)N[C@H]2CC(=O)N(Cc3cccc4ccccc34)C2)cc1O. The number of ether oxygens (including phenoxy) is 1. The number of fused-ring (bicyclic) bond motifs is 1. The summed E-state index contributed by atoms with van der Waals surface area (Å²) in [6.45, 7) is 0.964. The third-order valence-corrected chi connectivity index (χ3v) is 5.23. The first-order chi connectivity index (χ1) is 14.0. The predicted octanol–water partition coefficient (Wildman–Crippen LogP) is 3.08. The summed E-state index contributed by atoms with van der Waals surface area (Å²) in [5, 5.41) is 15.0. The van der Waals surface area contributed by atoms with Gasteiger partial charge in [0.05, 0.1) is 13.2 Å². The number of hydrogen-bond donors (Lipinski definition) is 2. The Kier molecular flexibility index (Phi) is 5.08. The number of aromatic hydroxyl groups is 1. The fourth-order valence-electron chi connectivity index (χ4n) is 3.76. The van der Waals surface area contributed by atoms with E-state index in [1.807, 2.05) is 24.3 Å². The molecule has 1 fully saturated rings. The summed E-state index contributed by atoms with van der Waals surface area (Å²) in [6, 6.07) is 18.4. The molecule has 0 spiro atoms. The fraction of sp³-hybridized carbons (Fsp3) is 0.217. The van der Waals surface area contributed by atoms with Crippen molar-refractivity contribution in [2.24, 2.45) is 0 Å². The number of methoxy groups -OCH3 is 1. The molecule has 2 amide bonds. The Morgan fingerprint density at radius 1 is 1.17 bits per heavy atom. The molecule has 3 aromatic rings. The fourth-order valence-corrected chi connectivity index (χ4v) is 3.76. The number of phenolic OH excluding ortho intramolecular Hbond substituents is 1. The maximum absolute atomic E-state index is 12.5. The van der Waals surface area contributed by atoms with Crippen molar-refractivity contribution in [2.75, 3.05) is 13.7 Å². The molecule has 29 heavy (non-hydrogen) atoms. The van der Waals surface area contributed by atoms with E-state index in [0.717, 1.165) is 16.3 Å². The molecule has 6 heteroatoms. The smallest absolute Gasteiger partial charge is 0.251 e. The molecule has 6 nitrogen and oxygen atoms in total. The maximum Gasteiger partial charge on any atom is 0.251 e. The Morgan fingerprint density at radius 2 is 1.97 bits per heavy atom. The summed E-state index contributed by atoms with van der Waals surface area (Å²) in [5.74, 6) is -0.104. The predicted molar refractivity (Wildman–Crippen MR) is 110 cm³/mol. The number of phenols is 1. The van der Waals surface area contributed by atoms with Gasteiger partial charge in [0.2, 0.25) is 5.91 Å². The lowest BCUT2D eigenvalue weighted by atomic mass is 10.0. The van der Waals surface area contributed by atoms with E-state index in [9.17, 15) is 14.7 Å². The van der Waals surface area contributed by atoms with Crippen molar-refractivity contribution < 1.29 is 19.4 Å². The van der Waals surface area contributed by atoms with Gasteiger partial charge in [-0.05, 0) is 34.5 Å². The summed E-state index contributed by atoms with van der Waals surface area (Å²) in [7, 11) is 1.45. The van der Waals surface area contributed by atoms with E-state index in [-0.39, 0.29) is 30.0 Å². The molecular weight excluding hydrogens is 368 g/mol. The lowest BCUT2D eigenvalue weighted by Gasteiger charge is -2.18. The molecule has 2 N–H and O–H groups in total. The average molecular weight is 390 g/mol. The number of rotatable bonds is 5. The minimum absolute atomic E-state index is 0.0146. The Morgan fingerprint density at radius 3 is 2.76 bits per heavy atom. The molecule has 1 aliphatic heterocycles. The van der Waals surface area contributed by atoms with Crippen LogP contribution in [-0.2, 0) is 11.3 Å². The highest BCUT2D eigenvalue weighted by atomic mass is 16.5. The van der Waals surface area contributed by atoms with E-state index in [4.69, 9.17) is 4.74 Å². The van der Waals surface area contributed by atoms with E-state index in [0.29, 0.717) is 24.4 Å². The molecule has 1 heterocycles. The zero-order valence-electron chi connectivity index (χ0n) is 16.1. The standard InChI is InChI=1S/C23H22N2O4/c1-29-21-10-9-16(11-20(21)26)23(28)24-18-12-22(27)25(14-18)13-17-7-4-6-15-5-2-3-8-19(15)17/h2-11,18,26H,12-14H2,1H3,(H,24,28)/t18-/m0/s1. The lowest BCUT2D eigenvalue weighted by Crippen LogP contribution is -2.37. The molecule has 148 valence electrons. The zero-order chi connectivity index (χ0) is 20.4. The number of amides is 2. The Hall–Kier alpha value is -3.54. The van der Waals surface area contributed by atoms with Crippen LogP contribution in [0.4, 0.5) is 0 Å². The van der Waals surface area contributed by atoms with Crippen LogP contribution in [0.5, 0.6) is 11.5 Å². The van der Waals surface area contributed by atoms with E-state index >= 15 is 0 Å². The molecule has 4 rings (SSSR count). The summed E-state index contributed by atoms with van der Waals surface area (Å²) in [5.41, 5.74) is 1.41. The van der Waals surface area contributed by atoms with Crippen molar-refractivity contribution in [3.63, 3.8) is 0 Å². The second kappa shape index (κ2) is 7.83. The van der Waals surface area contributed by atoms with Crippen molar-refractivity contribution in [3.05, 3.63) is 71.8 Å². The Bertz CT molecular complexity index is 1070. The van der Waals surface area contributed by atoms with E-state index in [1.54, 1.807) is 11.0 Å². The molecule has 0 aromatic heterocycles. The van der Waals surface area contributed by atoms with Gasteiger partial charge in [-0.1, -0.05) is 42.5 Å². The number of carbonyl (C=O) groups excluding carboxylic acids is 2. The number of benzene rings is 3. The van der Waals surface area contributed by atoms with Crippen LogP contribution >= 0.6 is 0 Å². The topological polar surface area (TPSA) is 78.9 Å². The van der Waals surface area contributed by atoms with Gasteiger partial charge in [0.15, 0.2) is 11.5 Å². The lowest BCUT2D eigenvalue weighted by molar-refractivity contribution is -0.128. The maximum atomic E-state index is 12.5. The van der Waals surface area contributed by atoms with Gasteiger partial charge < -0.3 is 20.1 Å². The van der Waals surface area contributed by atoms with Gasteiger partial charge in [-0.3, -0.25) is 9.59 Å². The van der Waals surface area contributed by atoms with E-state index in [2.05, 4.69) is 23.5 Å². The third kappa shape index (κ3) is 3.87. The van der Waals surface area contributed by atoms with Gasteiger partial charge in [0.25, 0.3) is 5.91 Å². The molecule has 1 atom stereocenters. The highest BCUT2D eigenvalue weighted by Crippen LogP contribution is 2.27. The normalized spacial score (nSPS) is 16.2. The second-order valence-corrected chi connectivity index (χ2v) is 7.17. The first-order valence-corrected chi connectivity index (χ1v) is 9.47. The molecule has 1 saturated heterocycles. The Balaban J connectivity index is 1.44. The van der Waals surface area contributed by atoms with Gasteiger partial charge in [-0.15, -0.1) is 0 Å². The molecule has 0 unspecified atom stereocenters. The van der Waals surface area contributed by atoms with Gasteiger partial charge in [0.1, 0.15) is 0 Å². The van der Waals surface area contributed by atoms with Gasteiger partial charge >= 0.3 is 0 Å². The van der Waals surface area contributed by atoms with Crippen LogP contribution in [-0.4, -0.2) is 41.5 Å². The van der Waals surface area contributed by atoms with Crippen LogP contribution < -0.4 is 10.1 Å². The summed E-state index contributed by atoms with van der Waals surface area (Å²) in [4.78, 5) is 26.8. The first kappa shape index (κ1) is 18.8. The molecule has 0 bridgehead atoms. The second-order valence-electron chi connectivity index (χ2n) is 7.17. The van der Waals surface area contributed by atoms with Crippen molar-refractivity contribution in [1.29, 1.82) is 0 Å². The molecule has 0 saturated carbocycles. The first-order valence-electron chi connectivity index (χ1n) is 9.47. The average Bonchev–Trinajstić information content (AvgIpc) is 3.06. The zero-order valence-corrected chi connectivity index (χ0v) is 16.1. The largest absolute Gasteiger partial charge is 0.504 e. The highest BCUT2D eigenvalue weighted by Gasteiger charge is 2.31. The van der Waals surface area contributed by atoms with Crippen molar-refractivity contribution in [2.45, 2.75) is 19.0 Å². The van der Waals surface area contributed by atoms with Crippen molar-refractivity contribution >= 4 is 22.6 Å². The summed E-state index contributed by atoms with van der Waals surface area (Å²) in [6.07, 6.45) is 0.263. The van der Waals surface area contributed by atoms with E-state index in [1.165, 1.54) is 19.2 Å². The molecule has 3 aromatic carbocycles. The summed E-state index contributed by atoms with van der Waals surface area (Å²) < 4.78 is 5.00. The minimum Gasteiger partial charge on any atom is -0.504 e. The van der Waals surface area contributed by atoms with Gasteiger partial charge in [-0.2, -0.15) is 0 Å². The molecular formula is C23H22N2O4. The number of likely N-dealkylation sites (tertiary alicyclic amines) is 1. The summed E-state index contributed by atoms with van der Waals surface area (Å²) >= 11 is 0. The number of carbonyl (C=O) groups is 2. The van der Waals surface area contributed by atoms with Crippen molar-refractivity contribution in [1.82, 2.24) is 10.2 Å². The van der Waals surface area contributed by atoms with Crippen LogP contribution in [0.2, 0.25) is 0 Å². The van der Waals surface area contributed by atoms with Gasteiger partial charge in [0, 0.05) is 25.1 Å². The Labute approximate surface area is 168 Å². The van der Waals surface area contributed by atoms with Crippen LogP contribution in [0.15, 0.2) is 60.7 Å². The molecule has 0 aliphatic carbocycles. The van der Waals surface area contributed by atoms with Crippen molar-refractivity contribution in [3.8, 4) is 11.5 Å². The van der Waals surface area contributed by atoms with Crippen LogP contribution in [0, 0.1) is 0 Å². The highest BCUT2D eigenvalue weighted by molar-refractivity contribution is 5.95. The number of hydrogen-bond acceptors (Lipinski definition) is 4. The van der Waals surface area contributed by atoms with Gasteiger partial charge in [-0.25, -0.2) is 0 Å². The molecule has 1 aliphatic rings. The quantitative estimate of drug-likeness (QED) is 0.702. The van der Waals surface area contributed by atoms with E-state index < -0.39 is 0 Å². The molecule has 0 radical (unpaired) electrons.